The summed E-state index contributed by atoms with van der Waals surface area (Å²) in [5.41, 5.74) is 0.771. The summed E-state index contributed by atoms with van der Waals surface area (Å²) in [6.45, 7) is 1.32. The molecule has 0 radical (unpaired) electrons. The molecule has 3 aromatic rings. The van der Waals surface area contributed by atoms with E-state index in [1.54, 1.807) is 6.07 Å². The molecular weight excluding hydrogens is 380 g/mol. The van der Waals surface area contributed by atoms with E-state index in [0.29, 0.717) is 11.4 Å². The summed E-state index contributed by atoms with van der Waals surface area (Å²) < 4.78 is 33.8. The first-order valence-electron chi connectivity index (χ1n) is 8.55. The van der Waals surface area contributed by atoms with Crippen LogP contribution in [-0.4, -0.2) is 23.9 Å². The Bertz CT molecular complexity index is 1090. The zero-order chi connectivity index (χ0) is 21.0. The van der Waals surface area contributed by atoms with Crippen molar-refractivity contribution in [3.8, 4) is 16.9 Å². The molecule has 3 rings (SSSR count). The topological polar surface area (TPSA) is 80.3 Å². The van der Waals surface area contributed by atoms with Gasteiger partial charge in [-0.05, 0) is 35.9 Å². The van der Waals surface area contributed by atoms with Crippen molar-refractivity contribution in [2.75, 3.05) is 17.7 Å². The van der Waals surface area contributed by atoms with Gasteiger partial charge in [-0.25, -0.2) is 8.78 Å². The Hall–Kier alpha value is -3.81. The number of nitrogens with one attached hydrogen (secondary N) is 2. The van der Waals surface area contributed by atoms with Gasteiger partial charge in [0, 0.05) is 24.8 Å². The predicted molar refractivity (Wildman–Crippen MR) is 105 cm³/mol. The number of carbonyl (C=O) groups is 2. The van der Waals surface area contributed by atoms with Crippen molar-refractivity contribution in [1.29, 1.82) is 0 Å². The minimum atomic E-state index is -0.819. The minimum Gasteiger partial charge on any atom is -0.497 e. The molecule has 148 valence electrons. The monoisotopic (exact) mass is 397 g/mol. The Balaban J connectivity index is 1.86. The number of halogens is 2. The summed E-state index contributed by atoms with van der Waals surface area (Å²) in [6.07, 6.45) is 2.78. The van der Waals surface area contributed by atoms with Crippen LogP contribution >= 0.6 is 0 Å². The zero-order valence-electron chi connectivity index (χ0n) is 15.6. The normalized spacial score (nSPS) is 10.3. The maximum atomic E-state index is 14.6. The molecule has 0 aliphatic rings. The third kappa shape index (κ3) is 4.55. The number of benzene rings is 2. The molecule has 0 bridgehead atoms. The Kier molecular flexibility index (Phi) is 5.82. The molecule has 0 aliphatic carbocycles. The van der Waals surface area contributed by atoms with E-state index in [-0.39, 0.29) is 28.3 Å². The van der Waals surface area contributed by atoms with Crippen molar-refractivity contribution in [2.45, 2.75) is 6.92 Å². The number of aromatic nitrogens is 1. The smallest absolute Gasteiger partial charge is 0.258 e. The van der Waals surface area contributed by atoms with Gasteiger partial charge in [0.25, 0.3) is 5.91 Å². The van der Waals surface area contributed by atoms with Gasteiger partial charge in [0.05, 0.1) is 30.2 Å². The maximum Gasteiger partial charge on any atom is 0.258 e. The van der Waals surface area contributed by atoms with Crippen LogP contribution in [0.2, 0.25) is 0 Å². The summed E-state index contributed by atoms with van der Waals surface area (Å²) in [5, 5.41) is 5.06. The van der Waals surface area contributed by atoms with E-state index in [9.17, 15) is 18.4 Å². The van der Waals surface area contributed by atoms with Crippen molar-refractivity contribution in [3.63, 3.8) is 0 Å². The van der Waals surface area contributed by atoms with Gasteiger partial charge in [0.2, 0.25) is 5.91 Å². The lowest BCUT2D eigenvalue weighted by atomic mass is 10.0. The van der Waals surface area contributed by atoms with E-state index >= 15 is 0 Å². The standard InChI is InChI=1S/C21H17F2N3O3/c1-12(27)25-19-7-8-24-11-20(19)26-21(28)16-5-3-13(9-17(16)22)15-6-4-14(29-2)10-18(15)23/h3-11H,1-2H3,(H,26,28)(H,24,25,27). The molecule has 6 nitrogen and oxygen atoms in total. The average molecular weight is 397 g/mol. The number of hydrogen-bond donors (Lipinski definition) is 2. The first-order chi connectivity index (χ1) is 13.9. The molecule has 0 fully saturated rings. The molecule has 2 aromatic carbocycles. The van der Waals surface area contributed by atoms with Crippen molar-refractivity contribution in [3.05, 3.63) is 72.1 Å². The molecule has 1 aromatic heterocycles. The van der Waals surface area contributed by atoms with Gasteiger partial charge in [0.15, 0.2) is 0 Å². The maximum absolute atomic E-state index is 14.6. The van der Waals surface area contributed by atoms with Gasteiger partial charge >= 0.3 is 0 Å². The van der Waals surface area contributed by atoms with Crippen LogP contribution in [0.25, 0.3) is 11.1 Å². The molecule has 1 heterocycles. The van der Waals surface area contributed by atoms with Gasteiger partial charge in [-0.3, -0.25) is 14.6 Å². The number of pyridine rings is 1. The lowest BCUT2D eigenvalue weighted by molar-refractivity contribution is -0.114. The van der Waals surface area contributed by atoms with E-state index in [4.69, 9.17) is 4.74 Å². The van der Waals surface area contributed by atoms with Crippen LogP contribution in [0.1, 0.15) is 17.3 Å². The molecule has 0 spiro atoms. The third-order valence-electron chi connectivity index (χ3n) is 4.08. The summed E-state index contributed by atoms with van der Waals surface area (Å²) in [6, 6.07) is 9.51. The number of hydrogen-bond acceptors (Lipinski definition) is 4. The molecule has 8 heteroatoms. The third-order valence-corrected chi connectivity index (χ3v) is 4.08. The molecule has 2 amide bonds. The second kappa shape index (κ2) is 8.47. The summed E-state index contributed by atoms with van der Waals surface area (Å²) in [7, 11) is 1.42. The van der Waals surface area contributed by atoms with Crippen LogP contribution in [-0.2, 0) is 4.79 Å². The van der Waals surface area contributed by atoms with Crippen LogP contribution in [0.5, 0.6) is 5.75 Å². The summed E-state index contributed by atoms with van der Waals surface area (Å²) >= 11 is 0. The number of amides is 2. The van der Waals surface area contributed by atoms with Crippen LogP contribution in [0.15, 0.2) is 54.9 Å². The number of ether oxygens (including phenoxy) is 1. The van der Waals surface area contributed by atoms with Gasteiger partial charge < -0.3 is 15.4 Å². The highest BCUT2D eigenvalue weighted by Gasteiger charge is 2.16. The Labute approximate surface area is 165 Å². The van der Waals surface area contributed by atoms with E-state index in [1.807, 2.05) is 0 Å². The molecule has 29 heavy (non-hydrogen) atoms. The lowest BCUT2D eigenvalue weighted by Gasteiger charge is -2.12. The number of nitrogens with zero attached hydrogens (tertiary/aromatic N) is 1. The zero-order valence-corrected chi connectivity index (χ0v) is 15.6. The second-order valence-corrected chi connectivity index (χ2v) is 6.10. The molecule has 0 saturated carbocycles. The number of anilines is 2. The highest BCUT2D eigenvalue weighted by Crippen LogP contribution is 2.28. The van der Waals surface area contributed by atoms with Crippen LogP contribution in [0.3, 0.4) is 0 Å². The van der Waals surface area contributed by atoms with E-state index in [2.05, 4.69) is 15.6 Å². The lowest BCUT2D eigenvalue weighted by Crippen LogP contribution is -2.16. The quantitative estimate of drug-likeness (QED) is 0.675. The summed E-state index contributed by atoms with van der Waals surface area (Å²) in [4.78, 5) is 27.6. The highest BCUT2D eigenvalue weighted by molar-refractivity contribution is 6.07. The Morgan fingerprint density at radius 2 is 1.76 bits per heavy atom. The largest absolute Gasteiger partial charge is 0.497 e. The van der Waals surface area contributed by atoms with Gasteiger partial charge in [0.1, 0.15) is 17.4 Å². The molecule has 0 unspecified atom stereocenters. The van der Waals surface area contributed by atoms with Crippen LogP contribution in [0.4, 0.5) is 20.2 Å². The average Bonchev–Trinajstić information content (AvgIpc) is 2.68. The number of methoxy groups -OCH3 is 1. The van der Waals surface area contributed by atoms with Crippen molar-refractivity contribution in [2.24, 2.45) is 0 Å². The molecule has 0 atom stereocenters. The Morgan fingerprint density at radius 3 is 2.41 bits per heavy atom. The van der Waals surface area contributed by atoms with Gasteiger partial charge in [-0.1, -0.05) is 6.07 Å². The SMILES string of the molecule is COc1ccc(-c2ccc(C(=O)Nc3cnccc3NC(C)=O)c(F)c2)c(F)c1. The van der Waals surface area contributed by atoms with Crippen molar-refractivity contribution < 1.29 is 23.1 Å². The number of rotatable bonds is 5. The fourth-order valence-electron chi connectivity index (χ4n) is 2.71. The number of carbonyl (C=O) groups excluding carboxylic acids is 2. The van der Waals surface area contributed by atoms with Gasteiger partial charge in [-0.15, -0.1) is 0 Å². The van der Waals surface area contributed by atoms with Crippen LogP contribution < -0.4 is 15.4 Å². The fraction of sp³-hybridized carbons (Fsp3) is 0.0952. The minimum absolute atomic E-state index is 0.178. The van der Waals surface area contributed by atoms with Gasteiger partial charge in [-0.2, -0.15) is 0 Å². The molecular formula is C21H17F2N3O3. The molecule has 2 N–H and O–H groups in total. The van der Waals surface area contributed by atoms with Crippen molar-refractivity contribution >= 4 is 23.2 Å². The first-order valence-corrected chi connectivity index (χ1v) is 8.55. The Morgan fingerprint density at radius 1 is 0.966 bits per heavy atom. The highest BCUT2D eigenvalue weighted by atomic mass is 19.1. The van der Waals surface area contributed by atoms with Crippen molar-refractivity contribution in [1.82, 2.24) is 4.98 Å². The van der Waals surface area contributed by atoms with E-state index < -0.39 is 17.5 Å². The fourth-order valence-corrected chi connectivity index (χ4v) is 2.71. The first kappa shape index (κ1) is 19.9. The molecule has 0 aliphatic heterocycles. The summed E-state index contributed by atoms with van der Waals surface area (Å²) in [5.74, 6) is -2.11. The van der Waals surface area contributed by atoms with E-state index in [0.717, 1.165) is 6.07 Å². The van der Waals surface area contributed by atoms with Crippen LogP contribution in [0, 0.1) is 11.6 Å². The van der Waals surface area contributed by atoms with E-state index in [1.165, 1.54) is 56.8 Å². The second-order valence-electron chi connectivity index (χ2n) is 6.10. The predicted octanol–water partition coefficient (Wildman–Crippen LogP) is 4.25. The molecule has 0 saturated heterocycles.